The first-order valence-electron chi connectivity index (χ1n) is 31.4. The van der Waals surface area contributed by atoms with Crippen LogP contribution in [0.3, 0.4) is 0 Å². The van der Waals surface area contributed by atoms with Gasteiger partial charge in [0.2, 0.25) is 6.29 Å². The van der Waals surface area contributed by atoms with E-state index in [0.717, 1.165) is 17.9 Å². The molecule has 0 aromatic heterocycles. The molecular weight excluding hydrogens is 1180 g/mol. The van der Waals surface area contributed by atoms with Gasteiger partial charge in [-0.15, -0.1) is 0 Å². The molecule has 0 radical (unpaired) electrons. The van der Waals surface area contributed by atoms with Crippen LogP contribution in [0.2, 0.25) is 0 Å². The Morgan fingerprint density at radius 1 is 0.633 bits per heavy atom. The van der Waals surface area contributed by atoms with Gasteiger partial charge in [0.05, 0.1) is 43.5 Å². The molecule has 4 heterocycles. The lowest BCUT2D eigenvalue weighted by molar-refractivity contribution is -0.373. The van der Waals surface area contributed by atoms with Crippen LogP contribution in [0, 0.1) is 50.2 Å². The molecule has 26 nitrogen and oxygen atoms in total. The minimum Gasteiger partial charge on any atom is -0.497 e. The van der Waals surface area contributed by atoms with E-state index in [1.807, 2.05) is 0 Å². The second-order valence-electron chi connectivity index (χ2n) is 28.6. The molecule has 30 atom stereocenters. The van der Waals surface area contributed by atoms with E-state index in [-0.39, 0.29) is 30.6 Å². The maximum absolute atomic E-state index is 15.7. The smallest absolute Gasteiger partial charge is 0.335 e. The van der Waals surface area contributed by atoms with E-state index in [0.29, 0.717) is 49.8 Å². The number of carbonyl (C=O) groups excluding carboxylic acids is 3. The van der Waals surface area contributed by atoms with Crippen LogP contribution in [0.1, 0.15) is 119 Å². The van der Waals surface area contributed by atoms with E-state index in [9.17, 15) is 75.7 Å². The van der Waals surface area contributed by atoms with E-state index in [1.54, 1.807) is 31.2 Å². The van der Waals surface area contributed by atoms with Gasteiger partial charge in [-0.25, -0.2) is 9.59 Å². The van der Waals surface area contributed by atoms with Crippen molar-refractivity contribution in [1.29, 1.82) is 0 Å². The Balaban J connectivity index is 0.920. The number of aliphatic hydroxyl groups excluding tert-OH is 11. The summed E-state index contributed by atoms with van der Waals surface area (Å²) in [5.74, 6) is -3.91. The van der Waals surface area contributed by atoms with Gasteiger partial charge in [0.1, 0.15) is 84.6 Å². The molecule has 504 valence electrons. The minimum absolute atomic E-state index is 0.107. The zero-order valence-corrected chi connectivity index (χ0v) is 52.2. The molecule has 0 spiro atoms. The first kappa shape index (κ1) is 68.7. The minimum atomic E-state index is -2.10. The fraction of sp³-hybridized carbons (Fsp3) is 0.781. The number of aldehydes is 1. The zero-order chi connectivity index (χ0) is 65.7. The molecule has 0 amide bonds. The molecule has 4 saturated heterocycles. The number of esters is 2. The fourth-order valence-corrected chi connectivity index (χ4v) is 17.5. The van der Waals surface area contributed by atoms with Gasteiger partial charge in [-0.3, -0.25) is 4.79 Å². The number of hydrogen-bond acceptors (Lipinski definition) is 25. The summed E-state index contributed by atoms with van der Waals surface area (Å²) in [5, 5.41) is 132. The Morgan fingerprint density at radius 2 is 1.27 bits per heavy atom. The third kappa shape index (κ3) is 11.6. The largest absolute Gasteiger partial charge is 0.497 e. The number of carboxylic acid groups (broad SMARTS) is 1. The lowest BCUT2D eigenvalue weighted by atomic mass is 9.33. The maximum Gasteiger partial charge on any atom is 0.335 e. The van der Waals surface area contributed by atoms with E-state index in [4.69, 9.17) is 47.4 Å². The van der Waals surface area contributed by atoms with Crippen molar-refractivity contribution in [3.8, 4) is 5.75 Å². The molecule has 10 rings (SSSR count). The predicted octanol–water partition coefficient (Wildman–Crippen LogP) is 0.535. The second kappa shape index (κ2) is 25.5. The molecule has 90 heavy (non-hydrogen) atoms. The summed E-state index contributed by atoms with van der Waals surface area (Å²) in [7, 11) is 1.52. The van der Waals surface area contributed by atoms with Crippen molar-refractivity contribution in [2.45, 2.75) is 248 Å². The van der Waals surface area contributed by atoms with Crippen LogP contribution in [-0.4, -0.2) is 234 Å². The summed E-state index contributed by atoms with van der Waals surface area (Å²) in [4.78, 5) is 55.5. The molecule has 0 bridgehead atoms. The van der Waals surface area contributed by atoms with Crippen molar-refractivity contribution < 1.29 is 128 Å². The van der Waals surface area contributed by atoms with Crippen LogP contribution in [0.5, 0.6) is 5.75 Å². The van der Waals surface area contributed by atoms with Gasteiger partial charge in [-0.2, -0.15) is 0 Å². The summed E-state index contributed by atoms with van der Waals surface area (Å²) in [6.45, 7) is 14.6. The van der Waals surface area contributed by atoms with Crippen LogP contribution in [0.25, 0.3) is 6.08 Å². The lowest BCUT2D eigenvalue weighted by Crippen LogP contribution is -2.69. The van der Waals surface area contributed by atoms with Crippen molar-refractivity contribution in [3.63, 3.8) is 0 Å². The third-order valence-electron chi connectivity index (χ3n) is 23.1. The highest BCUT2D eigenvalue weighted by molar-refractivity contribution is 5.87. The van der Waals surface area contributed by atoms with E-state index >= 15 is 4.79 Å². The summed E-state index contributed by atoms with van der Waals surface area (Å²) < 4.78 is 59.7. The number of fused-ring (bicyclic) bond motifs is 7. The Morgan fingerprint density at radius 3 is 1.90 bits per heavy atom. The Labute approximate surface area is 521 Å². The first-order chi connectivity index (χ1) is 42.2. The van der Waals surface area contributed by atoms with E-state index in [2.05, 4.69) is 40.7 Å². The highest BCUT2D eigenvalue weighted by atomic mass is 16.8. The number of hydrogen-bond donors (Lipinski definition) is 12. The number of benzene rings is 1. The molecular formula is C64H92O26. The standard InChI is InChI=1S/C64H92O26/c1-28-40(69)42(71)46(75)54(82-28)89-52-48(77)49(86-39(68)17-12-30-10-13-31(81-9)14-11-30)29(2)83-56(52)90-58(80)64-23-22-59(3,4)24-33(64)32-15-16-36-60(5)20-19-38(61(6,27-66)35(60)18-21-62(36,7)63(32,8)25-37(64)67)85-57-51(45(74)44(73)50(87-57)53(78)79)88-55-47(76)43(72)41(70)34(26-65)84-55/h10-15,17,27-29,33-38,40-52,54-57,65,67,69-77H,16,18-26H2,1-9H3,(H,78,79)/b17-12-/t28-,29+,33-,34+,35+,36+,37+,38-,40-,41-,42+,43-,44-,45-,46+,47+,48-,49-,50-,51+,52+,54-,55-,56-,57+,60-,61-,62+,63+,64+/m0/s1. The molecule has 12 N–H and O–H groups in total. The quantitative estimate of drug-likeness (QED) is 0.0375. The van der Waals surface area contributed by atoms with Crippen molar-refractivity contribution in [2.75, 3.05) is 13.7 Å². The van der Waals surface area contributed by atoms with Crippen molar-refractivity contribution in [2.24, 2.45) is 50.2 Å². The Kier molecular flexibility index (Phi) is 19.5. The van der Waals surface area contributed by atoms with Crippen molar-refractivity contribution in [1.82, 2.24) is 0 Å². The van der Waals surface area contributed by atoms with Crippen molar-refractivity contribution in [3.05, 3.63) is 47.6 Å². The number of aliphatic hydroxyl groups is 11. The number of carbonyl (C=O) groups is 4. The number of aliphatic carboxylic acids is 1. The summed E-state index contributed by atoms with van der Waals surface area (Å²) in [6, 6.07) is 6.84. The van der Waals surface area contributed by atoms with Gasteiger partial charge in [-0.05, 0) is 135 Å². The normalized spacial score (nSPS) is 49.2. The molecule has 1 aromatic carbocycles. The number of carboxylic acids is 1. The van der Waals surface area contributed by atoms with Crippen LogP contribution >= 0.6 is 0 Å². The first-order valence-corrected chi connectivity index (χ1v) is 31.4. The molecule has 9 aliphatic rings. The summed E-state index contributed by atoms with van der Waals surface area (Å²) >= 11 is 0. The molecule has 5 aliphatic carbocycles. The molecule has 8 fully saturated rings. The SMILES string of the molecule is COc1ccc(/C=C\C(=O)O[C@@H]2[C@H](O)[C@@H](O[C@@H]3O[C@@H](C)[C@H](O)[C@@H](O)[C@H]3O)[C@H](OC(=O)[C@]34CCC(C)(C)C[C@H]3C3=CC[C@@H]5[C@@]6(C)CC[C@H](O[C@@H]7O[C@H](C(=O)O)[C@@H](O)[C@H](O)[C@H]7O[C@@H]7O[C@H](CO)[C@H](O)[C@H](O)[C@H]7O)[C@@](C)(C=O)[C@@H]6CC[C@@]5(C)[C@]3(C)C[C@H]4O)O[C@@H]2C)cc1. The van der Waals surface area contributed by atoms with Gasteiger partial charge >= 0.3 is 17.9 Å². The summed E-state index contributed by atoms with van der Waals surface area (Å²) in [6.07, 6.45) is -28.0. The van der Waals surface area contributed by atoms with Gasteiger partial charge < -0.3 is 113 Å². The van der Waals surface area contributed by atoms with E-state index < -0.39 is 198 Å². The predicted molar refractivity (Wildman–Crippen MR) is 308 cm³/mol. The molecule has 4 saturated carbocycles. The Bertz CT molecular complexity index is 2830. The van der Waals surface area contributed by atoms with Gasteiger partial charge in [0.25, 0.3) is 0 Å². The number of allylic oxidation sites excluding steroid dienone is 2. The molecule has 4 aliphatic heterocycles. The van der Waals surface area contributed by atoms with Crippen LogP contribution < -0.4 is 4.74 Å². The molecule has 26 heteroatoms. The van der Waals surface area contributed by atoms with Crippen molar-refractivity contribution >= 4 is 30.3 Å². The highest BCUT2D eigenvalue weighted by Gasteiger charge is 2.73. The lowest BCUT2D eigenvalue weighted by Gasteiger charge is -2.71. The average Bonchev–Trinajstić information content (AvgIpc) is 0.672. The molecule has 1 aromatic rings. The van der Waals surface area contributed by atoms with Crippen LogP contribution in [0.15, 0.2) is 42.0 Å². The number of rotatable bonds is 15. The highest BCUT2D eigenvalue weighted by Crippen LogP contribution is 2.76. The maximum atomic E-state index is 15.7. The fourth-order valence-electron chi connectivity index (χ4n) is 17.5. The van der Waals surface area contributed by atoms with Gasteiger partial charge in [-0.1, -0.05) is 65.3 Å². The van der Waals surface area contributed by atoms with Gasteiger partial charge in [0.15, 0.2) is 37.2 Å². The van der Waals surface area contributed by atoms with Crippen LogP contribution in [0.4, 0.5) is 0 Å². The summed E-state index contributed by atoms with van der Waals surface area (Å²) in [5.41, 5.74) is -3.59. The zero-order valence-electron chi connectivity index (χ0n) is 52.2. The van der Waals surface area contributed by atoms with Gasteiger partial charge in [0, 0.05) is 6.08 Å². The third-order valence-corrected chi connectivity index (χ3v) is 23.1. The second-order valence-corrected chi connectivity index (χ2v) is 28.6. The monoisotopic (exact) mass is 1280 g/mol. The van der Waals surface area contributed by atoms with E-state index in [1.165, 1.54) is 27.0 Å². The number of ether oxygens (including phenoxy) is 10. The molecule has 0 unspecified atom stereocenters. The Hall–Kier alpha value is -4.14. The van der Waals surface area contributed by atoms with Crippen LogP contribution in [-0.2, 0) is 61.8 Å². The topological polar surface area (TPSA) is 403 Å². The average molecular weight is 1280 g/mol. The number of methoxy groups -OCH3 is 1.